The highest BCUT2D eigenvalue weighted by Gasteiger charge is 2.35. The highest BCUT2D eigenvalue weighted by molar-refractivity contribution is 5.96. The zero-order chi connectivity index (χ0) is 17.4. The molecule has 0 unspecified atom stereocenters. The second-order valence-electron chi connectivity index (χ2n) is 6.45. The number of benzene rings is 1. The smallest absolute Gasteiger partial charge is 0.232 e. The number of carbonyl (C=O) groups is 1. The Morgan fingerprint density at radius 2 is 2.00 bits per heavy atom. The van der Waals surface area contributed by atoms with Gasteiger partial charge in [0.05, 0.1) is 5.92 Å². The average molecular weight is 334 g/mol. The summed E-state index contributed by atoms with van der Waals surface area (Å²) in [5.74, 6) is 0.988. The summed E-state index contributed by atoms with van der Waals surface area (Å²) in [5, 5.41) is 4.03. The van der Waals surface area contributed by atoms with E-state index < -0.39 is 0 Å². The second-order valence-corrected chi connectivity index (χ2v) is 6.45. The van der Waals surface area contributed by atoms with Gasteiger partial charge in [-0.3, -0.25) is 9.78 Å². The molecule has 6 heteroatoms. The summed E-state index contributed by atoms with van der Waals surface area (Å²) in [6.45, 7) is 4.62. The zero-order valence-corrected chi connectivity index (χ0v) is 14.1. The van der Waals surface area contributed by atoms with Crippen LogP contribution in [0.3, 0.4) is 0 Å². The van der Waals surface area contributed by atoms with E-state index in [0.717, 1.165) is 22.4 Å². The molecule has 1 atom stereocenters. The molecule has 3 aromatic rings. The van der Waals surface area contributed by atoms with E-state index in [4.69, 9.17) is 4.52 Å². The fourth-order valence-corrected chi connectivity index (χ4v) is 3.24. The van der Waals surface area contributed by atoms with Gasteiger partial charge >= 0.3 is 0 Å². The summed E-state index contributed by atoms with van der Waals surface area (Å²) in [6, 6.07) is 9.86. The maximum atomic E-state index is 12.5. The van der Waals surface area contributed by atoms with Crippen LogP contribution in [-0.4, -0.2) is 27.6 Å². The van der Waals surface area contributed by atoms with Crippen molar-refractivity contribution in [3.8, 4) is 11.4 Å². The van der Waals surface area contributed by atoms with Crippen LogP contribution in [0.1, 0.15) is 29.4 Å². The quantitative estimate of drug-likeness (QED) is 0.735. The van der Waals surface area contributed by atoms with Gasteiger partial charge in [-0.05, 0) is 49.2 Å². The van der Waals surface area contributed by atoms with Crippen molar-refractivity contribution in [1.82, 2.24) is 15.1 Å². The summed E-state index contributed by atoms with van der Waals surface area (Å²) in [5.41, 5.74) is 4.01. The van der Waals surface area contributed by atoms with Gasteiger partial charge < -0.3 is 9.42 Å². The molecular formula is C19H18N4O2. The monoisotopic (exact) mass is 334 g/mol. The number of carbonyl (C=O) groups excluding carboxylic acids is 1. The summed E-state index contributed by atoms with van der Waals surface area (Å²) < 4.78 is 5.42. The van der Waals surface area contributed by atoms with Crippen LogP contribution < -0.4 is 4.90 Å². The summed E-state index contributed by atoms with van der Waals surface area (Å²) in [7, 11) is 0. The molecule has 0 N–H and O–H groups in total. The first kappa shape index (κ1) is 15.5. The van der Waals surface area contributed by atoms with Gasteiger partial charge in [0.25, 0.3) is 0 Å². The fraction of sp³-hybridized carbons (Fsp3) is 0.263. The predicted octanol–water partition coefficient (Wildman–Crippen LogP) is 3.27. The van der Waals surface area contributed by atoms with Crippen LogP contribution in [0.15, 0.2) is 47.2 Å². The highest BCUT2D eigenvalue weighted by Crippen LogP contribution is 2.32. The van der Waals surface area contributed by atoms with E-state index in [9.17, 15) is 4.79 Å². The third-order valence-electron chi connectivity index (χ3n) is 4.35. The molecule has 3 heterocycles. The Bertz CT molecular complexity index is 900. The summed E-state index contributed by atoms with van der Waals surface area (Å²) in [6.07, 6.45) is 3.76. The van der Waals surface area contributed by atoms with E-state index in [0.29, 0.717) is 24.7 Å². The minimum Gasteiger partial charge on any atom is -0.339 e. The lowest BCUT2D eigenvalue weighted by Crippen LogP contribution is -2.24. The molecule has 0 saturated carbocycles. The zero-order valence-electron chi connectivity index (χ0n) is 14.1. The van der Waals surface area contributed by atoms with Gasteiger partial charge in [-0.15, -0.1) is 0 Å². The lowest BCUT2D eigenvalue weighted by molar-refractivity contribution is -0.117. The molecule has 1 fully saturated rings. The molecule has 6 nitrogen and oxygen atoms in total. The standard InChI is InChI=1S/C19H18N4O2/c1-12-6-13(2)8-16(7-12)23-11-15(9-17(23)24)19-21-18(22-25-19)14-4-3-5-20-10-14/h3-8,10,15H,9,11H2,1-2H3/t15-/m1/s1. The second kappa shape index (κ2) is 6.12. The van der Waals surface area contributed by atoms with Crippen LogP contribution >= 0.6 is 0 Å². The molecule has 1 aliphatic rings. The normalized spacial score (nSPS) is 17.3. The Balaban J connectivity index is 1.57. The third-order valence-corrected chi connectivity index (χ3v) is 4.35. The largest absolute Gasteiger partial charge is 0.339 e. The summed E-state index contributed by atoms with van der Waals surface area (Å²) in [4.78, 5) is 22.8. The van der Waals surface area contributed by atoms with E-state index >= 15 is 0 Å². The first-order chi connectivity index (χ1) is 12.1. The minimum absolute atomic E-state index is 0.0797. The van der Waals surface area contributed by atoms with Crippen molar-refractivity contribution in [2.45, 2.75) is 26.2 Å². The van der Waals surface area contributed by atoms with Crippen LogP contribution in [0, 0.1) is 13.8 Å². The van der Waals surface area contributed by atoms with Gasteiger partial charge in [-0.25, -0.2) is 0 Å². The lowest BCUT2D eigenvalue weighted by atomic mass is 10.1. The number of rotatable bonds is 3. The molecule has 1 amide bonds. The Labute approximate surface area is 145 Å². The molecule has 1 aromatic carbocycles. The number of hydrogen-bond donors (Lipinski definition) is 0. The van der Waals surface area contributed by atoms with Crippen molar-refractivity contribution in [2.24, 2.45) is 0 Å². The number of aryl methyl sites for hydroxylation is 2. The molecule has 25 heavy (non-hydrogen) atoms. The Kier molecular flexibility index (Phi) is 3.80. The SMILES string of the molecule is Cc1cc(C)cc(N2C[C@H](c3nc(-c4cccnc4)no3)CC2=O)c1. The van der Waals surface area contributed by atoms with E-state index in [1.165, 1.54) is 0 Å². The predicted molar refractivity (Wildman–Crippen MR) is 93.2 cm³/mol. The molecule has 0 aliphatic carbocycles. The molecule has 0 radical (unpaired) electrons. The van der Waals surface area contributed by atoms with Crippen molar-refractivity contribution in [1.29, 1.82) is 0 Å². The molecular weight excluding hydrogens is 316 g/mol. The van der Waals surface area contributed by atoms with Gasteiger partial charge in [0.2, 0.25) is 17.6 Å². The maximum Gasteiger partial charge on any atom is 0.232 e. The molecule has 126 valence electrons. The number of nitrogens with zero attached hydrogens (tertiary/aromatic N) is 4. The first-order valence-electron chi connectivity index (χ1n) is 8.23. The molecule has 1 aliphatic heterocycles. The van der Waals surface area contributed by atoms with Crippen molar-refractivity contribution >= 4 is 11.6 Å². The minimum atomic E-state index is -0.0914. The summed E-state index contributed by atoms with van der Waals surface area (Å²) >= 11 is 0. The van der Waals surface area contributed by atoms with Gasteiger partial charge in [0.15, 0.2) is 0 Å². The van der Waals surface area contributed by atoms with Gasteiger partial charge in [-0.2, -0.15) is 4.98 Å². The Morgan fingerprint density at radius 1 is 1.20 bits per heavy atom. The van der Waals surface area contributed by atoms with Crippen LogP contribution in [0.2, 0.25) is 0 Å². The number of hydrogen-bond acceptors (Lipinski definition) is 5. The number of aromatic nitrogens is 3. The van der Waals surface area contributed by atoms with Crippen LogP contribution in [0.25, 0.3) is 11.4 Å². The topological polar surface area (TPSA) is 72.1 Å². The Hall–Kier alpha value is -3.02. The lowest BCUT2D eigenvalue weighted by Gasteiger charge is -2.17. The van der Waals surface area contributed by atoms with E-state index in [1.54, 1.807) is 17.3 Å². The van der Waals surface area contributed by atoms with Crippen molar-refractivity contribution in [3.05, 3.63) is 59.7 Å². The van der Waals surface area contributed by atoms with Gasteiger partial charge in [0, 0.05) is 36.6 Å². The molecule has 1 saturated heterocycles. The maximum absolute atomic E-state index is 12.5. The molecule has 0 bridgehead atoms. The number of anilines is 1. The van der Waals surface area contributed by atoms with Crippen molar-refractivity contribution in [3.63, 3.8) is 0 Å². The van der Waals surface area contributed by atoms with Crippen LogP contribution in [0.5, 0.6) is 0 Å². The van der Waals surface area contributed by atoms with E-state index in [2.05, 4.69) is 21.2 Å². The van der Waals surface area contributed by atoms with Crippen molar-refractivity contribution < 1.29 is 9.32 Å². The van der Waals surface area contributed by atoms with Crippen molar-refractivity contribution in [2.75, 3.05) is 11.4 Å². The molecule has 0 spiro atoms. The number of pyridine rings is 1. The fourth-order valence-electron chi connectivity index (χ4n) is 3.24. The first-order valence-corrected chi connectivity index (χ1v) is 8.23. The van der Waals surface area contributed by atoms with E-state index in [-0.39, 0.29) is 11.8 Å². The third kappa shape index (κ3) is 3.03. The highest BCUT2D eigenvalue weighted by atomic mass is 16.5. The van der Waals surface area contributed by atoms with Gasteiger partial charge in [0.1, 0.15) is 0 Å². The van der Waals surface area contributed by atoms with Gasteiger partial charge in [-0.1, -0.05) is 11.2 Å². The number of amides is 1. The molecule has 4 rings (SSSR count). The van der Waals surface area contributed by atoms with Crippen LogP contribution in [-0.2, 0) is 4.79 Å². The average Bonchev–Trinajstić information content (AvgIpc) is 3.21. The van der Waals surface area contributed by atoms with E-state index in [1.807, 2.05) is 38.1 Å². The van der Waals surface area contributed by atoms with Crippen LogP contribution in [0.4, 0.5) is 5.69 Å². The molecule has 2 aromatic heterocycles. The Morgan fingerprint density at radius 3 is 2.72 bits per heavy atom.